The second-order valence-corrected chi connectivity index (χ2v) is 5.43. The molecule has 2 unspecified atom stereocenters. The molecule has 3 rings (SSSR count). The maximum absolute atomic E-state index is 10.9. The second kappa shape index (κ2) is 5.28. The molecule has 0 radical (unpaired) electrons. The number of hydrogen-bond donors (Lipinski definition) is 1. The molecule has 1 aromatic rings. The molecule has 0 aromatic heterocycles. The van der Waals surface area contributed by atoms with Crippen molar-refractivity contribution >= 4 is 11.4 Å². The summed E-state index contributed by atoms with van der Waals surface area (Å²) >= 11 is 0. The average molecular weight is 277 g/mol. The number of methoxy groups -OCH3 is 1. The van der Waals surface area contributed by atoms with Gasteiger partial charge in [-0.05, 0) is 31.9 Å². The summed E-state index contributed by atoms with van der Waals surface area (Å²) in [6.07, 6.45) is 3.53. The first-order valence-corrected chi connectivity index (χ1v) is 7.02. The molecule has 0 spiro atoms. The minimum absolute atomic E-state index is 0.0922. The van der Waals surface area contributed by atoms with Gasteiger partial charge in [0.1, 0.15) is 5.75 Å². The van der Waals surface area contributed by atoms with Crippen LogP contribution in [0.1, 0.15) is 19.3 Å². The first-order chi connectivity index (χ1) is 9.69. The number of non-ortho nitro benzene ring substituents is 1. The largest absolute Gasteiger partial charge is 0.495 e. The highest BCUT2D eigenvalue weighted by Crippen LogP contribution is 2.34. The lowest BCUT2D eigenvalue weighted by Gasteiger charge is -2.23. The van der Waals surface area contributed by atoms with E-state index in [9.17, 15) is 10.1 Å². The van der Waals surface area contributed by atoms with Gasteiger partial charge in [0, 0.05) is 30.8 Å². The third-order valence-electron chi connectivity index (χ3n) is 4.34. The topological polar surface area (TPSA) is 67.6 Å². The highest BCUT2D eigenvalue weighted by Gasteiger charge is 2.37. The van der Waals surface area contributed by atoms with Crippen LogP contribution in [0.2, 0.25) is 0 Å². The van der Waals surface area contributed by atoms with Crippen LogP contribution in [0, 0.1) is 10.1 Å². The molecule has 1 N–H and O–H groups in total. The molecule has 1 aromatic carbocycles. The van der Waals surface area contributed by atoms with E-state index in [0.717, 1.165) is 18.7 Å². The van der Waals surface area contributed by atoms with Crippen molar-refractivity contribution in [1.82, 2.24) is 4.90 Å². The zero-order valence-electron chi connectivity index (χ0n) is 11.5. The van der Waals surface area contributed by atoms with Crippen LogP contribution in [-0.2, 0) is 0 Å². The smallest absolute Gasteiger partial charge is 0.271 e. The highest BCUT2D eigenvalue weighted by atomic mass is 16.6. The summed E-state index contributed by atoms with van der Waals surface area (Å²) in [6, 6.07) is 5.60. The van der Waals surface area contributed by atoms with E-state index in [1.807, 2.05) is 0 Å². The molecule has 0 bridgehead atoms. The fourth-order valence-corrected chi connectivity index (χ4v) is 3.37. The van der Waals surface area contributed by atoms with E-state index >= 15 is 0 Å². The minimum atomic E-state index is -0.374. The lowest BCUT2D eigenvalue weighted by Crippen LogP contribution is -2.33. The van der Waals surface area contributed by atoms with Crippen LogP contribution in [0.4, 0.5) is 11.4 Å². The molecule has 2 heterocycles. The first kappa shape index (κ1) is 13.2. The normalized spacial score (nSPS) is 25.4. The maximum atomic E-state index is 10.9. The molecule has 108 valence electrons. The van der Waals surface area contributed by atoms with E-state index < -0.39 is 0 Å². The molecule has 0 saturated carbocycles. The van der Waals surface area contributed by atoms with E-state index in [4.69, 9.17) is 4.74 Å². The van der Waals surface area contributed by atoms with E-state index in [-0.39, 0.29) is 10.6 Å². The van der Waals surface area contributed by atoms with Crippen molar-refractivity contribution in [3.8, 4) is 5.75 Å². The van der Waals surface area contributed by atoms with Crippen LogP contribution in [0.25, 0.3) is 0 Å². The molecule has 6 heteroatoms. The quantitative estimate of drug-likeness (QED) is 0.675. The maximum Gasteiger partial charge on any atom is 0.271 e. The van der Waals surface area contributed by atoms with Gasteiger partial charge in [0.25, 0.3) is 5.69 Å². The second-order valence-electron chi connectivity index (χ2n) is 5.43. The van der Waals surface area contributed by atoms with Crippen molar-refractivity contribution in [2.45, 2.75) is 31.3 Å². The highest BCUT2D eigenvalue weighted by molar-refractivity contribution is 5.62. The number of hydrogen-bond acceptors (Lipinski definition) is 5. The summed E-state index contributed by atoms with van der Waals surface area (Å²) in [5.74, 6) is 0.659. The zero-order valence-corrected chi connectivity index (χ0v) is 11.5. The third-order valence-corrected chi connectivity index (χ3v) is 4.34. The number of ether oxygens (including phenoxy) is 1. The molecule has 2 saturated heterocycles. The number of fused-ring (bicyclic) bond motifs is 1. The minimum Gasteiger partial charge on any atom is -0.495 e. The number of nitro benzene ring substituents is 1. The van der Waals surface area contributed by atoms with Gasteiger partial charge in [-0.2, -0.15) is 0 Å². The monoisotopic (exact) mass is 277 g/mol. The fraction of sp³-hybridized carbons (Fsp3) is 0.571. The summed E-state index contributed by atoms with van der Waals surface area (Å²) in [5, 5.41) is 14.4. The lowest BCUT2D eigenvalue weighted by molar-refractivity contribution is -0.384. The predicted octanol–water partition coefficient (Wildman–Crippen LogP) is 2.25. The zero-order chi connectivity index (χ0) is 14.1. The van der Waals surface area contributed by atoms with Crippen molar-refractivity contribution in [2.75, 3.05) is 25.5 Å². The third kappa shape index (κ3) is 2.31. The van der Waals surface area contributed by atoms with E-state index in [1.54, 1.807) is 19.2 Å². The Kier molecular flexibility index (Phi) is 3.48. The summed E-state index contributed by atoms with van der Waals surface area (Å²) in [4.78, 5) is 13.0. The van der Waals surface area contributed by atoms with E-state index in [2.05, 4.69) is 10.2 Å². The molecule has 0 amide bonds. The van der Waals surface area contributed by atoms with Gasteiger partial charge in [0.15, 0.2) is 0 Å². The predicted molar refractivity (Wildman–Crippen MR) is 76.3 cm³/mol. The van der Waals surface area contributed by atoms with Crippen molar-refractivity contribution < 1.29 is 9.66 Å². The van der Waals surface area contributed by atoms with Gasteiger partial charge in [-0.25, -0.2) is 0 Å². The van der Waals surface area contributed by atoms with Gasteiger partial charge in [0.2, 0.25) is 0 Å². The molecule has 2 fully saturated rings. The van der Waals surface area contributed by atoms with Gasteiger partial charge < -0.3 is 10.1 Å². The number of nitro groups is 1. The molecular formula is C14H19N3O3. The van der Waals surface area contributed by atoms with Crippen molar-refractivity contribution in [3.05, 3.63) is 28.3 Å². The lowest BCUT2D eigenvalue weighted by atomic mass is 10.1. The molecule has 2 aliphatic heterocycles. The molecule has 6 nitrogen and oxygen atoms in total. The van der Waals surface area contributed by atoms with Crippen molar-refractivity contribution in [2.24, 2.45) is 0 Å². The standard InChI is InChI=1S/C14H19N3O3/c1-20-14-5-4-10(17(18)19)9-12(14)15-11-6-8-16-7-2-3-13(11)16/h4-5,9,11,13,15H,2-3,6-8H2,1H3. The van der Waals surface area contributed by atoms with E-state index in [0.29, 0.717) is 17.8 Å². The number of nitrogens with zero attached hydrogens (tertiary/aromatic N) is 2. The van der Waals surface area contributed by atoms with Crippen molar-refractivity contribution in [1.29, 1.82) is 0 Å². The van der Waals surface area contributed by atoms with Crippen LogP contribution in [0.3, 0.4) is 0 Å². The Labute approximate surface area is 117 Å². The summed E-state index contributed by atoms with van der Waals surface area (Å²) in [5.41, 5.74) is 0.815. The number of nitrogens with one attached hydrogen (secondary N) is 1. The van der Waals surface area contributed by atoms with Gasteiger partial charge in [-0.15, -0.1) is 0 Å². The van der Waals surface area contributed by atoms with Gasteiger partial charge in [-0.3, -0.25) is 15.0 Å². The Morgan fingerprint density at radius 3 is 3.00 bits per heavy atom. The molecule has 2 aliphatic rings. The average Bonchev–Trinajstić information content (AvgIpc) is 3.03. The van der Waals surface area contributed by atoms with E-state index in [1.165, 1.54) is 25.5 Å². The summed E-state index contributed by atoms with van der Waals surface area (Å²) in [6.45, 7) is 2.29. The molecular weight excluding hydrogens is 258 g/mol. The number of benzene rings is 1. The first-order valence-electron chi connectivity index (χ1n) is 7.02. The van der Waals surface area contributed by atoms with Crippen molar-refractivity contribution in [3.63, 3.8) is 0 Å². The fourth-order valence-electron chi connectivity index (χ4n) is 3.37. The SMILES string of the molecule is COc1ccc([N+](=O)[O-])cc1NC1CCN2CCCC12. The van der Waals surface area contributed by atoms with Gasteiger partial charge >= 0.3 is 0 Å². The molecule has 0 aliphatic carbocycles. The van der Waals surface area contributed by atoms with Crippen LogP contribution in [0.15, 0.2) is 18.2 Å². The van der Waals surface area contributed by atoms with Gasteiger partial charge in [-0.1, -0.05) is 0 Å². The molecule has 2 atom stereocenters. The number of anilines is 1. The Morgan fingerprint density at radius 2 is 2.25 bits per heavy atom. The molecule has 20 heavy (non-hydrogen) atoms. The Morgan fingerprint density at radius 1 is 1.40 bits per heavy atom. The van der Waals surface area contributed by atoms with Gasteiger partial charge in [0.05, 0.1) is 17.7 Å². The summed E-state index contributed by atoms with van der Waals surface area (Å²) in [7, 11) is 1.59. The van der Waals surface area contributed by atoms with Crippen LogP contribution in [0.5, 0.6) is 5.75 Å². The van der Waals surface area contributed by atoms with Crippen LogP contribution < -0.4 is 10.1 Å². The Bertz CT molecular complexity index is 520. The summed E-state index contributed by atoms with van der Waals surface area (Å²) < 4.78 is 5.30. The van der Waals surface area contributed by atoms with Crippen LogP contribution in [-0.4, -0.2) is 42.1 Å². The Hall–Kier alpha value is -1.82. The van der Waals surface area contributed by atoms with Crippen LogP contribution >= 0.6 is 0 Å². The Balaban J connectivity index is 1.82. The number of rotatable bonds is 4.